The van der Waals surface area contributed by atoms with E-state index in [1.54, 1.807) is 6.92 Å². The zero-order valence-corrected chi connectivity index (χ0v) is 12.1. The third kappa shape index (κ3) is 3.31. The predicted octanol–water partition coefficient (Wildman–Crippen LogP) is 2.78. The van der Waals surface area contributed by atoms with E-state index in [1.165, 1.54) is 0 Å². The molecule has 1 aromatic carbocycles. The van der Waals surface area contributed by atoms with Gasteiger partial charge in [-0.1, -0.05) is 19.4 Å². The number of carbonyl (C=O) groups is 1. The quantitative estimate of drug-likeness (QED) is 0.813. The number of rotatable bonds is 6. The number of aliphatic hydroxyl groups excluding tert-OH is 1. The van der Waals surface area contributed by atoms with E-state index in [9.17, 15) is 9.90 Å². The van der Waals surface area contributed by atoms with Gasteiger partial charge in [-0.05, 0) is 49.4 Å². The highest BCUT2D eigenvalue weighted by molar-refractivity contribution is 5.75. The van der Waals surface area contributed by atoms with Gasteiger partial charge in [-0.25, -0.2) is 4.79 Å². The average Bonchev–Trinajstić information content (AvgIpc) is 2.80. The van der Waals surface area contributed by atoms with Crippen molar-refractivity contribution in [2.75, 3.05) is 6.61 Å². The van der Waals surface area contributed by atoms with E-state index in [1.807, 2.05) is 25.1 Å². The lowest BCUT2D eigenvalue weighted by atomic mass is 10.1. The fourth-order valence-corrected chi connectivity index (χ4v) is 2.53. The van der Waals surface area contributed by atoms with Crippen LogP contribution in [0.5, 0.6) is 5.75 Å². The summed E-state index contributed by atoms with van der Waals surface area (Å²) in [4.78, 5) is 11.8. The molecule has 4 heteroatoms. The molecule has 0 saturated heterocycles. The third-order valence-corrected chi connectivity index (χ3v) is 3.54. The number of esters is 1. The smallest absolute Gasteiger partial charge is 0.347 e. The largest absolute Gasteiger partial charge is 0.479 e. The molecule has 0 radical (unpaired) electrons. The molecule has 0 aromatic heterocycles. The van der Waals surface area contributed by atoms with Crippen LogP contribution in [-0.2, 0) is 16.0 Å². The summed E-state index contributed by atoms with van der Waals surface area (Å²) in [6.45, 7) is 4.16. The molecule has 0 fully saturated rings. The van der Waals surface area contributed by atoms with Crippen molar-refractivity contribution in [1.29, 1.82) is 0 Å². The minimum absolute atomic E-state index is 0.310. The van der Waals surface area contributed by atoms with E-state index in [2.05, 4.69) is 0 Å². The van der Waals surface area contributed by atoms with Crippen molar-refractivity contribution in [3.63, 3.8) is 0 Å². The normalized spacial score (nSPS) is 18.4. The second-order valence-electron chi connectivity index (χ2n) is 5.06. The van der Waals surface area contributed by atoms with Gasteiger partial charge in [0.2, 0.25) is 0 Å². The monoisotopic (exact) mass is 278 g/mol. The van der Waals surface area contributed by atoms with Crippen molar-refractivity contribution in [1.82, 2.24) is 0 Å². The Hall–Kier alpha value is -1.55. The molecule has 2 rings (SSSR count). The van der Waals surface area contributed by atoms with E-state index in [0.717, 1.165) is 30.4 Å². The Labute approximate surface area is 119 Å². The van der Waals surface area contributed by atoms with Gasteiger partial charge in [-0.2, -0.15) is 0 Å². The van der Waals surface area contributed by atoms with Gasteiger partial charge in [-0.3, -0.25) is 0 Å². The van der Waals surface area contributed by atoms with Crippen LogP contribution in [0.15, 0.2) is 18.2 Å². The first-order chi connectivity index (χ1) is 9.65. The van der Waals surface area contributed by atoms with Crippen LogP contribution in [0.1, 0.15) is 50.3 Å². The predicted molar refractivity (Wildman–Crippen MR) is 75.7 cm³/mol. The Morgan fingerprint density at radius 1 is 1.45 bits per heavy atom. The van der Waals surface area contributed by atoms with Gasteiger partial charge in [0.15, 0.2) is 6.10 Å². The first-order valence-electron chi connectivity index (χ1n) is 7.29. The van der Waals surface area contributed by atoms with Gasteiger partial charge in [0, 0.05) is 0 Å². The summed E-state index contributed by atoms with van der Waals surface area (Å²) in [5, 5.41) is 9.78. The highest BCUT2D eigenvalue weighted by atomic mass is 16.6. The van der Waals surface area contributed by atoms with Crippen molar-refractivity contribution in [3.05, 3.63) is 29.3 Å². The Kier molecular flexibility index (Phi) is 5.01. The Morgan fingerprint density at radius 2 is 2.25 bits per heavy atom. The molecule has 1 aromatic rings. The molecule has 0 saturated carbocycles. The number of hydrogen-bond acceptors (Lipinski definition) is 4. The topological polar surface area (TPSA) is 55.8 Å². The summed E-state index contributed by atoms with van der Waals surface area (Å²) in [6.07, 6.45) is 2.19. The fraction of sp³-hybridized carbons (Fsp3) is 0.562. The first kappa shape index (κ1) is 14.9. The van der Waals surface area contributed by atoms with E-state index in [-0.39, 0.29) is 12.1 Å². The summed E-state index contributed by atoms with van der Waals surface area (Å²) in [5.74, 6) is 0.360. The van der Waals surface area contributed by atoms with Crippen LogP contribution in [0.2, 0.25) is 0 Å². The van der Waals surface area contributed by atoms with Crippen LogP contribution in [0.3, 0.4) is 0 Å². The van der Waals surface area contributed by atoms with Crippen LogP contribution in [-0.4, -0.2) is 23.8 Å². The minimum Gasteiger partial charge on any atom is -0.479 e. The number of benzene rings is 1. The maximum atomic E-state index is 11.8. The molecule has 0 amide bonds. The Bertz CT molecular complexity index is 470. The van der Waals surface area contributed by atoms with Crippen molar-refractivity contribution in [3.8, 4) is 5.75 Å². The fourth-order valence-electron chi connectivity index (χ4n) is 2.53. The van der Waals surface area contributed by atoms with Crippen molar-refractivity contribution in [2.45, 2.75) is 51.7 Å². The molecule has 1 aliphatic carbocycles. The maximum absolute atomic E-state index is 11.8. The van der Waals surface area contributed by atoms with Crippen LogP contribution < -0.4 is 4.74 Å². The number of hydrogen-bond donors (Lipinski definition) is 1. The van der Waals surface area contributed by atoms with Crippen LogP contribution in [0.4, 0.5) is 0 Å². The molecule has 4 nitrogen and oxygen atoms in total. The highest BCUT2D eigenvalue weighted by Crippen LogP contribution is 2.33. The average molecular weight is 278 g/mol. The van der Waals surface area contributed by atoms with Crippen LogP contribution in [0.25, 0.3) is 0 Å². The molecular weight excluding hydrogens is 256 g/mol. The SMILES string of the molecule is CCCC(Oc1ccc2c(c1)CCC2O)C(=O)OCC. The third-order valence-electron chi connectivity index (χ3n) is 3.54. The lowest BCUT2D eigenvalue weighted by Gasteiger charge is -2.17. The van der Waals surface area contributed by atoms with Crippen LogP contribution in [0, 0.1) is 0 Å². The van der Waals surface area contributed by atoms with Gasteiger partial charge in [0.05, 0.1) is 12.7 Å². The van der Waals surface area contributed by atoms with Crippen molar-refractivity contribution >= 4 is 5.97 Å². The summed E-state index contributed by atoms with van der Waals surface area (Å²) < 4.78 is 10.8. The maximum Gasteiger partial charge on any atom is 0.347 e. The number of ether oxygens (including phenoxy) is 2. The van der Waals surface area contributed by atoms with Gasteiger partial charge in [0.1, 0.15) is 5.75 Å². The second-order valence-corrected chi connectivity index (χ2v) is 5.06. The van der Waals surface area contributed by atoms with E-state index in [4.69, 9.17) is 9.47 Å². The van der Waals surface area contributed by atoms with Crippen LogP contribution >= 0.6 is 0 Å². The van der Waals surface area contributed by atoms with Crippen molar-refractivity contribution < 1.29 is 19.4 Å². The van der Waals surface area contributed by atoms with E-state index >= 15 is 0 Å². The molecule has 2 atom stereocenters. The molecule has 0 aliphatic heterocycles. The number of carbonyl (C=O) groups excluding carboxylic acids is 1. The van der Waals surface area contributed by atoms with E-state index in [0.29, 0.717) is 18.8 Å². The van der Waals surface area contributed by atoms with Gasteiger partial charge in [-0.15, -0.1) is 0 Å². The van der Waals surface area contributed by atoms with E-state index < -0.39 is 6.10 Å². The summed E-state index contributed by atoms with van der Waals surface area (Å²) >= 11 is 0. The number of fused-ring (bicyclic) bond motifs is 1. The highest BCUT2D eigenvalue weighted by Gasteiger charge is 2.23. The van der Waals surface area contributed by atoms with Gasteiger partial charge >= 0.3 is 5.97 Å². The van der Waals surface area contributed by atoms with Crippen molar-refractivity contribution in [2.24, 2.45) is 0 Å². The Balaban J connectivity index is 2.09. The molecular formula is C16H22O4. The molecule has 0 spiro atoms. The first-order valence-corrected chi connectivity index (χ1v) is 7.29. The zero-order valence-electron chi connectivity index (χ0n) is 12.1. The minimum atomic E-state index is -0.552. The zero-order chi connectivity index (χ0) is 14.5. The number of aryl methyl sites for hydroxylation is 1. The Morgan fingerprint density at radius 3 is 2.95 bits per heavy atom. The molecule has 110 valence electrons. The molecule has 0 bridgehead atoms. The van der Waals surface area contributed by atoms with Gasteiger partial charge < -0.3 is 14.6 Å². The molecule has 1 aliphatic rings. The number of aliphatic hydroxyl groups is 1. The molecule has 0 heterocycles. The molecule has 2 unspecified atom stereocenters. The standard InChI is InChI=1S/C16H22O4/c1-3-5-15(16(18)19-4-2)20-12-7-8-13-11(10-12)6-9-14(13)17/h7-8,10,14-15,17H,3-6,9H2,1-2H3. The summed E-state index contributed by atoms with van der Waals surface area (Å²) in [6, 6.07) is 5.62. The molecule has 20 heavy (non-hydrogen) atoms. The molecule has 1 N–H and O–H groups in total. The summed E-state index contributed by atoms with van der Waals surface area (Å²) in [7, 11) is 0. The lowest BCUT2D eigenvalue weighted by Crippen LogP contribution is -2.29. The second kappa shape index (κ2) is 6.75. The summed E-state index contributed by atoms with van der Waals surface area (Å²) in [5.41, 5.74) is 2.08. The van der Waals surface area contributed by atoms with Gasteiger partial charge in [0.25, 0.3) is 0 Å². The lowest BCUT2D eigenvalue weighted by molar-refractivity contribution is -0.151.